The molecule has 4 heteroatoms. The van der Waals surface area contributed by atoms with E-state index < -0.39 is 5.97 Å². The molecule has 0 bridgehead atoms. The molecule has 0 heterocycles. The van der Waals surface area contributed by atoms with Gasteiger partial charge in [0.25, 0.3) is 0 Å². The maximum atomic E-state index is 10.6. The van der Waals surface area contributed by atoms with Crippen molar-refractivity contribution in [3.63, 3.8) is 0 Å². The number of aryl methyl sites for hydroxylation is 2. The van der Waals surface area contributed by atoms with Crippen molar-refractivity contribution in [1.29, 1.82) is 5.26 Å². The molecule has 0 aliphatic carbocycles. The number of carboxylic acid groups (broad SMARTS) is 1. The van der Waals surface area contributed by atoms with Gasteiger partial charge >= 0.3 is 57.4 Å². The number of rotatable bonds is 2. The van der Waals surface area contributed by atoms with Gasteiger partial charge in [0, 0.05) is 6.08 Å². The quantitative estimate of drug-likeness (QED) is 0.449. The average molecular weight is 255 g/mol. The minimum atomic E-state index is -1.10. The maximum Gasteiger partial charge on any atom is 1.00 e. The molecule has 1 rings (SSSR count). The monoisotopic (exact) mass is 255 g/mol. The Kier molecular flexibility index (Phi) is 6.91. The molecule has 0 aliphatic rings. The zero-order chi connectivity index (χ0) is 12.3. The first kappa shape index (κ1) is 16.6. The molecule has 0 amide bonds. The Hall–Kier alpha value is -0.444. The van der Waals surface area contributed by atoms with Gasteiger partial charge in [0.15, 0.2) is 0 Å². The average Bonchev–Trinajstić information content (AvgIpc) is 2.21. The van der Waals surface area contributed by atoms with E-state index >= 15 is 0 Å². The van der Waals surface area contributed by atoms with Gasteiger partial charge in [0.2, 0.25) is 0 Å². The van der Waals surface area contributed by atoms with Crippen LogP contribution in [0.3, 0.4) is 0 Å². The van der Waals surface area contributed by atoms with Gasteiger partial charge in [-0.25, -0.2) is 4.79 Å². The second-order valence-corrected chi connectivity index (χ2v) is 3.74. The van der Waals surface area contributed by atoms with E-state index in [0.29, 0.717) is 5.56 Å². The Labute approximate surface area is 145 Å². The molecule has 0 fully saturated rings. The Bertz CT molecular complexity index is 495. The van der Waals surface area contributed by atoms with E-state index in [2.05, 4.69) is 0 Å². The van der Waals surface area contributed by atoms with Crippen LogP contribution < -0.4 is 51.4 Å². The predicted octanol–water partition coefficient (Wildman–Crippen LogP) is -0.280. The standard InChI is InChI=1S/C13H13NO2.K.H/c1-8-4-11(5-9(2)10(8)3)12(7-14)6-13(15)16;;/h4-6H,1-3H3,(H,15,16);;/q;+1;-1/b12-6-;;. The Morgan fingerprint density at radius 3 is 2.18 bits per heavy atom. The van der Waals surface area contributed by atoms with Crippen molar-refractivity contribution in [2.24, 2.45) is 0 Å². The molecule has 0 unspecified atom stereocenters. The van der Waals surface area contributed by atoms with E-state index in [1.54, 1.807) is 0 Å². The minimum Gasteiger partial charge on any atom is -1.00 e. The third kappa shape index (κ3) is 4.38. The minimum absolute atomic E-state index is 0. The third-order valence-corrected chi connectivity index (χ3v) is 2.63. The van der Waals surface area contributed by atoms with E-state index in [-0.39, 0.29) is 58.4 Å². The number of hydrogen-bond acceptors (Lipinski definition) is 2. The summed E-state index contributed by atoms with van der Waals surface area (Å²) >= 11 is 0. The summed E-state index contributed by atoms with van der Waals surface area (Å²) in [6, 6.07) is 5.57. The van der Waals surface area contributed by atoms with Crippen molar-refractivity contribution < 1.29 is 62.7 Å². The van der Waals surface area contributed by atoms with Gasteiger partial charge in [-0.2, -0.15) is 5.26 Å². The van der Waals surface area contributed by atoms with Crippen molar-refractivity contribution in [2.75, 3.05) is 0 Å². The van der Waals surface area contributed by atoms with Gasteiger partial charge in [-0.3, -0.25) is 0 Å². The second-order valence-electron chi connectivity index (χ2n) is 3.74. The summed E-state index contributed by atoms with van der Waals surface area (Å²) in [4.78, 5) is 10.6. The van der Waals surface area contributed by atoms with E-state index in [9.17, 15) is 4.79 Å². The first-order valence-electron chi connectivity index (χ1n) is 4.88. The third-order valence-electron chi connectivity index (χ3n) is 2.63. The molecule has 1 aromatic carbocycles. The molecular formula is C13H14KNO2. The number of hydrogen-bond donors (Lipinski definition) is 1. The molecule has 1 N–H and O–H groups in total. The summed E-state index contributed by atoms with van der Waals surface area (Å²) in [5, 5.41) is 17.5. The number of allylic oxidation sites excluding steroid dienone is 1. The first-order chi connectivity index (χ1) is 7.45. The molecule has 0 aromatic heterocycles. The molecule has 1 aromatic rings. The van der Waals surface area contributed by atoms with E-state index in [1.165, 1.54) is 0 Å². The zero-order valence-corrected chi connectivity index (χ0v) is 13.7. The van der Waals surface area contributed by atoms with Crippen LogP contribution in [0, 0.1) is 32.1 Å². The van der Waals surface area contributed by atoms with Crippen molar-refractivity contribution >= 4 is 11.5 Å². The zero-order valence-electron chi connectivity index (χ0n) is 11.5. The number of carbonyl (C=O) groups is 1. The molecule has 0 atom stereocenters. The van der Waals surface area contributed by atoms with Crippen LogP contribution >= 0.6 is 0 Å². The van der Waals surface area contributed by atoms with Crippen LogP contribution in [0.25, 0.3) is 5.57 Å². The van der Waals surface area contributed by atoms with Crippen LogP contribution in [0.2, 0.25) is 0 Å². The molecule has 17 heavy (non-hydrogen) atoms. The summed E-state index contributed by atoms with van der Waals surface area (Å²) < 4.78 is 0. The molecule has 0 saturated carbocycles. The number of aliphatic carboxylic acids is 1. The smallest absolute Gasteiger partial charge is 1.00 e. The van der Waals surface area contributed by atoms with E-state index in [0.717, 1.165) is 22.8 Å². The molecule has 0 saturated heterocycles. The summed E-state index contributed by atoms with van der Waals surface area (Å²) in [7, 11) is 0. The maximum absolute atomic E-state index is 10.6. The summed E-state index contributed by atoms with van der Waals surface area (Å²) in [6.07, 6.45) is 0.934. The fourth-order valence-corrected chi connectivity index (χ4v) is 1.49. The van der Waals surface area contributed by atoms with Crippen molar-refractivity contribution in [3.05, 3.63) is 40.5 Å². The number of carboxylic acids is 1. The van der Waals surface area contributed by atoms with Crippen molar-refractivity contribution in [2.45, 2.75) is 20.8 Å². The van der Waals surface area contributed by atoms with Crippen molar-refractivity contribution in [3.8, 4) is 6.07 Å². The number of benzene rings is 1. The Balaban J connectivity index is 0. The normalized spacial score (nSPS) is 10.4. The van der Waals surface area contributed by atoms with Crippen LogP contribution in [-0.4, -0.2) is 11.1 Å². The molecule has 0 aliphatic heterocycles. The second kappa shape index (κ2) is 7.09. The van der Waals surface area contributed by atoms with Gasteiger partial charge in [0.05, 0.1) is 5.57 Å². The van der Waals surface area contributed by atoms with Gasteiger partial charge in [-0.15, -0.1) is 0 Å². The van der Waals surface area contributed by atoms with E-state index in [4.69, 9.17) is 10.4 Å². The molecule has 0 spiro atoms. The van der Waals surface area contributed by atoms with Gasteiger partial charge < -0.3 is 6.53 Å². The fourth-order valence-electron chi connectivity index (χ4n) is 1.49. The van der Waals surface area contributed by atoms with Crippen LogP contribution in [0.15, 0.2) is 18.2 Å². The largest absolute Gasteiger partial charge is 1.00 e. The molecule has 0 radical (unpaired) electrons. The molecule has 84 valence electrons. The van der Waals surface area contributed by atoms with Crippen LogP contribution in [0.5, 0.6) is 0 Å². The van der Waals surface area contributed by atoms with Crippen LogP contribution in [-0.2, 0) is 4.79 Å². The fraction of sp³-hybridized carbons (Fsp3) is 0.231. The van der Waals surface area contributed by atoms with Crippen LogP contribution in [0.4, 0.5) is 0 Å². The number of nitrogens with zero attached hydrogens (tertiary/aromatic N) is 1. The molecule has 3 nitrogen and oxygen atoms in total. The predicted molar refractivity (Wildman–Crippen MR) is 63.0 cm³/mol. The van der Waals surface area contributed by atoms with Crippen molar-refractivity contribution in [1.82, 2.24) is 0 Å². The first-order valence-corrected chi connectivity index (χ1v) is 4.88. The van der Waals surface area contributed by atoms with Crippen LogP contribution in [0.1, 0.15) is 23.7 Å². The molecular weight excluding hydrogens is 241 g/mol. The summed E-state index contributed by atoms with van der Waals surface area (Å²) in [5.41, 5.74) is 4.11. The topological polar surface area (TPSA) is 61.1 Å². The van der Waals surface area contributed by atoms with E-state index in [1.807, 2.05) is 39.0 Å². The Morgan fingerprint density at radius 2 is 1.82 bits per heavy atom. The summed E-state index contributed by atoms with van der Waals surface area (Å²) in [6.45, 7) is 5.89. The SMILES string of the molecule is Cc1cc(/C(C#N)=C\C(=O)O)cc(C)c1C.[H-].[K+]. The van der Waals surface area contributed by atoms with Gasteiger partial charge in [-0.1, -0.05) is 12.1 Å². The Morgan fingerprint density at radius 1 is 1.35 bits per heavy atom. The summed E-state index contributed by atoms with van der Waals surface area (Å²) in [5.74, 6) is -1.10. The number of nitriles is 1. The van der Waals surface area contributed by atoms with Gasteiger partial charge in [-0.05, 0) is 43.0 Å². The van der Waals surface area contributed by atoms with Gasteiger partial charge in [0.1, 0.15) is 6.07 Å².